The van der Waals surface area contributed by atoms with Gasteiger partial charge in [0.15, 0.2) is 0 Å². The van der Waals surface area contributed by atoms with E-state index in [-0.39, 0.29) is 37.2 Å². The van der Waals surface area contributed by atoms with E-state index >= 15 is 0 Å². The maximum Gasteiger partial charge on any atom is 0.324 e. The van der Waals surface area contributed by atoms with Crippen LogP contribution in [-0.4, -0.2) is 63.8 Å². The fourth-order valence-corrected chi connectivity index (χ4v) is 5.89. The largest absolute Gasteiger partial charge is 0.460 e. The maximum atomic E-state index is 12.7. The van der Waals surface area contributed by atoms with Crippen LogP contribution in [0.1, 0.15) is 11.1 Å². The van der Waals surface area contributed by atoms with E-state index in [4.69, 9.17) is 9.47 Å². The highest BCUT2D eigenvalue weighted by atomic mass is 32.2. The topological polar surface area (TPSA) is 59.1 Å². The zero-order valence-electron chi connectivity index (χ0n) is 17.2. The highest BCUT2D eigenvalue weighted by Gasteiger charge is 2.38. The average molecular weight is 459 g/mol. The Labute approximate surface area is 191 Å². The van der Waals surface area contributed by atoms with E-state index in [2.05, 4.69) is 9.80 Å². The predicted octanol–water partition coefficient (Wildman–Crippen LogP) is 3.18. The summed E-state index contributed by atoms with van der Waals surface area (Å²) in [4.78, 5) is 29.6. The van der Waals surface area contributed by atoms with Gasteiger partial charge in [0.1, 0.15) is 25.3 Å². The predicted molar refractivity (Wildman–Crippen MR) is 123 cm³/mol. The minimum Gasteiger partial charge on any atom is -0.460 e. The Morgan fingerprint density at radius 2 is 1.16 bits per heavy atom. The molecule has 0 amide bonds. The van der Waals surface area contributed by atoms with E-state index in [1.807, 2.05) is 60.7 Å². The van der Waals surface area contributed by atoms with Crippen molar-refractivity contribution in [1.82, 2.24) is 9.80 Å². The highest BCUT2D eigenvalue weighted by Crippen LogP contribution is 2.27. The molecule has 164 valence electrons. The molecule has 0 aromatic heterocycles. The summed E-state index contributed by atoms with van der Waals surface area (Å²) in [6.45, 7) is 1.11. The van der Waals surface area contributed by atoms with Crippen LogP contribution >= 0.6 is 23.5 Å². The van der Waals surface area contributed by atoms with Crippen LogP contribution in [0.2, 0.25) is 0 Å². The van der Waals surface area contributed by atoms with Crippen LogP contribution in [0, 0.1) is 0 Å². The smallest absolute Gasteiger partial charge is 0.324 e. The summed E-state index contributed by atoms with van der Waals surface area (Å²) in [6.07, 6.45) is 0. The summed E-state index contributed by atoms with van der Waals surface area (Å²) in [5.41, 5.74) is 1.95. The molecule has 2 heterocycles. The van der Waals surface area contributed by atoms with E-state index < -0.39 is 0 Å². The van der Waals surface area contributed by atoms with Gasteiger partial charge in [-0.05, 0) is 11.1 Å². The van der Waals surface area contributed by atoms with Crippen LogP contribution in [0.4, 0.5) is 0 Å². The summed E-state index contributed by atoms with van der Waals surface area (Å²) >= 11 is 3.43. The third kappa shape index (κ3) is 6.04. The number of esters is 2. The number of carbonyl (C=O) groups excluding carboxylic acids is 2. The third-order valence-corrected chi connectivity index (χ3v) is 7.43. The number of thioether (sulfide) groups is 2. The van der Waals surface area contributed by atoms with Crippen LogP contribution in [0.25, 0.3) is 0 Å². The quantitative estimate of drug-likeness (QED) is 0.559. The van der Waals surface area contributed by atoms with E-state index in [1.165, 1.54) is 0 Å². The molecular weight excluding hydrogens is 432 g/mol. The van der Waals surface area contributed by atoms with Gasteiger partial charge >= 0.3 is 11.9 Å². The number of hydrogen-bond acceptors (Lipinski definition) is 8. The fraction of sp³-hybridized carbons (Fsp3) is 0.391. The van der Waals surface area contributed by atoms with Crippen molar-refractivity contribution in [3.63, 3.8) is 0 Å². The molecule has 2 aromatic carbocycles. The Morgan fingerprint density at radius 1 is 0.742 bits per heavy atom. The molecule has 2 aromatic rings. The number of carbonyl (C=O) groups is 2. The van der Waals surface area contributed by atoms with Crippen LogP contribution in [0.3, 0.4) is 0 Å². The van der Waals surface area contributed by atoms with E-state index in [1.54, 1.807) is 23.5 Å². The molecule has 0 spiro atoms. The monoisotopic (exact) mass is 458 g/mol. The molecule has 6 nitrogen and oxygen atoms in total. The van der Waals surface area contributed by atoms with Gasteiger partial charge in [0.25, 0.3) is 0 Å². The molecule has 2 atom stereocenters. The Morgan fingerprint density at radius 3 is 1.58 bits per heavy atom. The molecule has 0 bridgehead atoms. The van der Waals surface area contributed by atoms with Crippen LogP contribution < -0.4 is 0 Å². The lowest BCUT2D eigenvalue weighted by molar-refractivity contribution is -0.152. The first-order valence-electron chi connectivity index (χ1n) is 10.3. The van der Waals surface area contributed by atoms with Gasteiger partial charge in [0.05, 0.1) is 6.67 Å². The minimum atomic E-state index is -0.291. The molecule has 0 radical (unpaired) electrons. The lowest BCUT2D eigenvalue weighted by Crippen LogP contribution is -2.49. The van der Waals surface area contributed by atoms with Gasteiger partial charge in [-0.2, -0.15) is 0 Å². The summed E-state index contributed by atoms with van der Waals surface area (Å²) in [5, 5.41) is 0. The Bertz CT molecular complexity index is 797. The fourth-order valence-electron chi connectivity index (χ4n) is 3.55. The Balaban J connectivity index is 1.29. The summed E-state index contributed by atoms with van der Waals surface area (Å²) < 4.78 is 11.1. The van der Waals surface area contributed by atoms with Gasteiger partial charge in [0.2, 0.25) is 0 Å². The van der Waals surface area contributed by atoms with E-state index in [0.717, 1.165) is 22.9 Å². The number of ether oxygens (including phenoxy) is 2. The number of hydrogen-bond donors (Lipinski definition) is 0. The molecule has 0 aliphatic carbocycles. The van der Waals surface area contributed by atoms with Crippen molar-refractivity contribution in [1.29, 1.82) is 0 Å². The summed E-state index contributed by atoms with van der Waals surface area (Å²) in [7, 11) is 0. The van der Waals surface area contributed by atoms with Crippen molar-refractivity contribution in [2.45, 2.75) is 25.3 Å². The second kappa shape index (κ2) is 11.0. The number of benzene rings is 2. The SMILES string of the molecule is O=C(OCc1ccccc1)[C@@H]1CSCN1CN1CSC[C@H]1C(=O)OCc1ccccc1. The van der Waals surface area contributed by atoms with Gasteiger partial charge in [0, 0.05) is 23.3 Å². The molecule has 0 saturated carbocycles. The Kier molecular flexibility index (Phi) is 7.91. The van der Waals surface area contributed by atoms with Crippen LogP contribution in [-0.2, 0) is 32.3 Å². The zero-order chi connectivity index (χ0) is 21.5. The summed E-state index contributed by atoms with van der Waals surface area (Å²) in [5.74, 6) is 2.50. The molecule has 2 saturated heterocycles. The number of rotatable bonds is 8. The highest BCUT2D eigenvalue weighted by molar-refractivity contribution is 7.99. The van der Waals surface area contributed by atoms with Crippen molar-refractivity contribution in [2.24, 2.45) is 0 Å². The second-order valence-electron chi connectivity index (χ2n) is 7.54. The molecule has 0 N–H and O–H groups in total. The molecular formula is C23H26N2O4S2. The molecule has 2 aliphatic rings. The van der Waals surface area contributed by atoms with E-state index in [9.17, 15) is 9.59 Å². The average Bonchev–Trinajstić information content (AvgIpc) is 3.47. The lowest BCUT2D eigenvalue weighted by Gasteiger charge is -2.29. The zero-order valence-corrected chi connectivity index (χ0v) is 18.9. The van der Waals surface area contributed by atoms with Crippen molar-refractivity contribution in [3.8, 4) is 0 Å². The van der Waals surface area contributed by atoms with Gasteiger partial charge in [-0.25, -0.2) is 0 Å². The molecule has 2 aliphatic heterocycles. The van der Waals surface area contributed by atoms with Crippen molar-refractivity contribution in [3.05, 3.63) is 71.8 Å². The third-order valence-electron chi connectivity index (χ3n) is 5.30. The first-order valence-corrected chi connectivity index (χ1v) is 12.6. The molecule has 31 heavy (non-hydrogen) atoms. The first kappa shape index (κ1) is 22.2. The molecule has 8 heteroatoms. The molecule has 2 fully saturated rings. The van der Waals surface area contributed by atoms with Gasteiger partial charge < -0.3 is 9.47 Å². The molecule has 4 rings (SSSR count). The Hall–Kier alpha value is -2.00. The lowest BCUT2D eigenvalue weighted by atomic mass is 10.2. The maximum absolute atomic E-state index is 12.7. The van der Waals surface area contributed by atoms with Crippen LogP contribution in [0.15, 0.2) is 60.7 Å². The van der Waals surface area contributed by atoms with Gasteiger partial charge in [-0.3, -0.25) is 19.4 Å². The standard InChI is InChI=1S/C23H26N2O4S2/c26-22(28-11-18-7-3-1-4-8-18)20-13-30-16-24(20)15-25-17-31-14-21(25)23(27)29-12-19-9-5-2-6-10-19/h1-10,20-21H,11-17H2/t20-,21-/m0/s1. The normalized spacial score (nSPS) is 21.8. The van der Waals surface area contributed by atoms with Gasteiger partial charge in [-0.15, -0.1) is 23.5 Å². The minimum absolute atomic E-state index is 0.205. The first-order chi connectivity index (χ1) is 15.2. The van der Waals surface area contributed by atoms with Crippen LogP contribution in [0.5, 0.6) is 0 Å². The second-order valence-corrected chi connectivity index (χ2v) is 9.54. The molecule has 0 unspecified atom stereocenters. The van der Waals surface area contributed by atoms with Crippen molar-refractivity contribution < 1.29 is 19.1 Å². The summed E-state index contributed by atoms with van der Waals surface area (Å²) in [6, 6.07) is 18.8. The van der Waals surface area contributed by atoms with Crippen molar-refractivity contribution >= 4 is 35.5 Å². The van der Waals surface area contributed by atoms with Gasteiger partial charge in [-0.1, -0.05) is 60.7 Å². The van der Waals surface area contributed by atoms with E-state index in [0.29, 0.717) is 18.2 Å². The van der Waals surface area contributed by atoms with Crippen molar-refractivity contribution in [2.75, 3.05) is 29.9 Å². The number of nitrogens with zero attached hydrogens (tertiary/aromatic N) is 2.